The highest BCUT2D eigenvalue weighted by Crippen LogP contribution is 2.38. The molecule has 1 N–H and O–H groups in total. The zero-order chi connectivity index (χ0) is 20.8. The van der Waals surface area contributed by atoms with Crippen molar-refractivity contribution in [3.63, 3.8) is 0 Å². The fraction of sp³-hybridized carbons (Fsp3) is 0.250. The summed E-state index contributed by atoms with van der Waals surface area (Å²) in [4.78, 5) is 16.7. The van der Waals surface area contributed by atoms with Gasteiger partial charge in [0, 0.05) is 12.6 Å². The van der Waals surface area contributed by atoms with Crippen LogP contribution in [0.5, 0.6) is 17.2 Å². The largest absolute Gasteiger partial charge is 0.493 e. The molecular weight excluding hydrogens is 392 g/mol. The van der Waals surface area contributed by atoms with Gasteiger partial charge >= 0.3 is 0 Å². The van der Waals surface area contributed by atoms with Gasteiger partial charge in [-0.05, 0) is 24.3 Å². The lowest BCUT2D eigenvalue weighted by Gasteiger charge is -2.13. The van der Waals surface area contributed by atoms with Gasteiger partial charge in [-0.15, -0.1) is 0 Å². The van der Waals surface area contributed by atoms with E-state index in [9.17, 15) is 4.79 Å². The number of carbonyl (C=O) groups excluding carboxylic acids is 1. The number of aromatic nitrogens is 2. The second kappa shape index (κ2) is 9.33. The molecule has 0 aliphatic carbocycles. The molecule has 152 valence electrons. The maximum Gasteiger partial charge on any atom is 0.250 e. The number of imidazole rings is 1. The van der Waals surface area contributed by atoms with E-state index in [0.29, 0.717) is 22.8 Å². The maximum atomic E-state index is 12.2. The number of carbonyl (C=O) groups is 1. The first-order valence-electron chi connectivity index (χ1n) is 8.74. The van der Waals surface area contributed by atoms with Gasteiger partial charge in [0.15, 0.2) is 16.7 Å². The summed E-state index contributed by atoms with van der Waals surface area (Å²) < 4.78 is 17.9. The van der Waals surface area contributed by atoms with Crippen LogP contribution >= 0.6 is 11.8 Å². The van der Waals surface area contributed by atoms with Crippen molar-refractivity contribution in [1.29, 1.82) is 0 Å². The van der Waals surface area contributed by atoms with Crippen LogP contribution in [-0.2, 0) is 11.8 Å². The number of hydrogen-bond donors (Lipinski definition) is 1. The fourth-order valence-corrected chi connectivity index (χ4v) is 3.59. The van der Waals surface area contributed by atoms with Crippen LogP contribution in [0.3, 0.4) is 0 Å². The van der Waals surface area contributed by atoms with Crippen molar-refractivity contribution in [3.8, 4) is 17.2 Å². The summed E-state index contributed by atoms with van der Waals surface area (Å²) >= 11 is 1.35. The van der Waals surface area contributed by atoms with Gasteiger partial charge in [-0.3, -0.25) is 4.79 Å². The van der Waals surface area contributed by atoms with Crippen LogP contribution in [0.1, 0.15) is 5.56 Å². The van der Waals surface area contributed by atoms with Gasteiger partial charge in [0.2, 0.25) is 5.75 Å². The Labute approximate surface area is 172 Å². The lowest BCUT2D eigenvalue weighted by molar-refractivity contribution is -0.118. The predicted octanol–water partition coefficient (Wildman–Crippen LogP) is 2.84. The van der Waals surface area contributed by atoms with Crippen molar-refractivity contribution in [2.24, 2.45) is 12.1 Å². The van der Waals surface area contributed by atoms with Crippen LogP contribution in [0, 0.1) is 0 Å². The van der Waals surface area contributed by atoms with Crippen molar-refractivity contribution in [2.75, 3.05) is 27.1 Å². The number of methoxy groups -OCH3 is 3. The number of benzene rings is 2. The third kappa shape index (κ3) is 4.45. The van der Waals surface area contributed by atoms with Crippen LogP contribution in [0.4, 0.5) is 0 Å². The van der Waals surface area contributed by atoms with E-state index in [1.165, 1.54) is 32.2 Å². The number of para-hydroxylation sites is 2. The Morgan fingerprint density at radius 1 is 1.14 bits per heavy atom. The summed E-state index contributed by atoms with van der Waals surface area (Å²) in [5, 5.41) is 4.79. The lowest BCUT2D eigenvalue weighted by atomic mass is 10.2. The number of nitrogens with zero attached hydrogens (tertiary/aromatic N) is 3. The molecule has 1 amide bonds. The molecule has 0 saturated heterocycles. The Hall–Kier alpha value is -3.20. The SMILES string of the molecule is COc1ccc(/C=N\NC(=O)CSc2nc3ccccc3n2C)c(OC)c1OC. The topological polar surface area (TPSA) is 87.0 Å². The van der Waals surface area contributed by atoms with Crippen molar-refractivity contribution >= 4 is 34.9 Å². The minimum absolute atomic E-state index is 0.192. The number of hydrogen-bond acceptors (Lipinski definition) is 7. The van der Waals surface area contributed by atoms with E-state index in [2.05, 4.69) is 15.5 Å². The predicted molar refractivity (Wildman–Crippen MR) is 113 cm³/mol. The normalized spacial score (nSPS) is 11.0. The van der Waals surface area contributed by atoms with E-state index in [0.717, 1.165) is 16.2 Å². The molecule has 0 aliphatic rings. The summed E-state index contributed by atoms with van der Waals surface area (Å²) in [6.07, 6.45) is 1.50. The summed E-state index contributed by atoms with van der Waals surface area (Å²) in [6, 6.07) is 11.3. The molecule has 0 fully saturated rings. The fourth-order valence-electron chi connectivity index (χ4n) is 2.81. The summed E-state index contributed by atoms with van der Waals surface area (Å²) in [5.41, 5.74) is 5.09. The summed E-state index contributed by atoms with van der Waals surface area (Å²) in [6.45, 7) is 0. The van der Waals surface area contributed by atoms with Gasteiger partial charge in [-0.1, -0.05) is 23.9 Å². The molecule has 8 nitrogen and oxygen atoms in total. The Kier molecular flexibility index (Phi) is 6.61. The van der Waals surface area contributed by atoms with Crippen molar-refractivity contribution in [2.45, 2.75) is 5.16 Å². The van der Waals surface area contributed by atoms with Gasteiger partial charge in [-0.25, -0.2) is 10.4 Å². The molecule has 9 heteroatoms. The standard InChI is InChI=1S/C20H22N4O4S/c1-24-15-8-6-5-7-14(15)22-20(24)29-12-17(25)23-21-11-13-9-10-16(26-2)19(28-4)18(13)27-3/h5-11H,12H2,1-4H3,(H,23,25)/b21-11-. The summed E-state index contributed by atoms with van der Waals surface area (Å²) in [5.74, 6) is 1.43. The highest BCUT2D eigenvalue weighted by atomic mass is 32.2. The van der Waals surface area contributed by atoms with Gasteiger partial charge < -0.3 is 18.8 Å². The van der Waals surface area contributed by atoms with Crippen LogP contribution in [0.2, 0.25) is 0 Å². The molecule has 0 bridgehead atoms. The molecule has 2 aromatic carbocycles. The number of rotatable bonds is 8. The average molecular weight is 414 g/mol. The number of fused-ring (bicyclic) bond motifs is 1. The molecule has 0 atom stereocenters. The van der Waals surface area contributed by atoms with Gasteiger partial charge in [-0.2, -0.15) is 5.10 Å². The van der Waals surface area contributed by atoms with Crippen LogP contribution < -0.4 is 19.6 Å². The molecule has 0 unspecified atom stereocenters. The molecule has 3 rings (SSSR count). The smallest absolute Gasteiger partial charge is 0.250 e. The first-order chi connectivity index (χ1) is 14.1. The third-order valence-corrected chi connectivity index (χ3v) is 5.24. The Bertz CT molecular complexity index is 1050. The number of amides is 1. The molecule has 3 aromatic rings. The second-order valence-corrected chi connectivity index (χ2v) is 6.89. The number of aryl methyl sites for hydroxylation is 1. The highest BCUT2D eigenvalue weighted by molar-refractivity contribution is 7.99. The molecule has 0 spiro atoms. The first-order valence-corrected chi connectivity index (χ1v) is 9.72. The Morgan fingerprint density at radius 3 is 2.59 bits per heavy atom. The highest BCUT2D eigenvalue weighted by Gasteiger charge is 2.15. The maximum absolute atomic E-state index is 12.2. The van der Waals surface area contributed by atoms with E-state index in [1.807, 2.05) is 35.9 Å². The van der Waals surface area contributed by atoms with Gasteiger partial charge in [0.05, 0.1) is 44.3 Å². The van der Waals surface area contributed by atoms with Crippen molar-refractivity contribution < 1.29 is 19.0 Å². The second-order valence-electron chi connectivity index (χ2n) is 5.95. The lowest BCUT2D eigenvalue weighted by Crippen LogP contribution is -2.20. The monoisotopic (exact) mass is 414 g/mol. The molecule has 0 radical (unpaired) electrons. The van der Waals surface area contributed by atoms with Gasteiger partial charge in [0.1, 0.15) is 0 Å². The molecule has 1 heterocycles. The minimum atomic E-state index is -0.238. The Morgan fingerprint density at radius 2 is 1.90 bits per heavy atom. The van der Waals surface area contributed by atoms with E-state index in [-0.39, 0.29) is 11.7 Å². The molecule has 0 aliphatic heterocycles. The molecule has 1 aromatic heterocycles. The van der Waals surface area contributed by atoms with E-state index in [1.54, 1.807) is 19.2 Å². The first kappa shape index (κ1) is 20.5. The van der Waals surface area contributed by atoms with E-state index >= 15 is 0 Å². The zero-order valence-electron chi connectivity index (χ0n) is 16.6. The van der Waals surface area contributed by atoms with Crippen molar-refractivity contribution in [1.82, 2.24) is 15.0 Å². The number of nitrogens with one attached hydrogen (secondary N) is 1. The van der Waals surface area contributed by atoms with Crippen molar-refractivity contribution in [3.05, 3.63) is 42.0 Å². The molecule has 0 saturated carbocycles. The van der Waals surface area contributed by atoms with Gasteiger partial charge in [0.25, 0.3) is 5.91 Å². The third-order valence-electron chi connectivity index (χ3n) is 4.21. The quantitative estimate of drug-likeness (QED) is 0.347. The Balaban J connectivity index is 1.63. The van der Waals surface area contributed by atoms with E-state index in [4.69, 9.17) is 14.2 Å². The molecule has 29 heavy (non-hydrogen) atoms. The average Bonchev–Trinajstić information content (AvgIpc) is 3.07. The zero-order valence-corrected chi connectivity index (χ0v) is 17.4. The summed E-state index contributed by atoms with van der Waals surface area (Å²) in [7, 11) is 6.53. The minimum Gasteiger partial charge on any atom is -0.493 e. The van der Waals surface area contributed by atoms with Crippen LogP contribution in [0.15, 0.2) is 46.7 Å². The number of hydrazone groups is 1. The van der Waals surface area contributed by atoms with E-state index < -0.39 is 0 Å². The molecular formula is C20H22N4O4S. The number of ether oxygens (including phenoxy) is 3. The van der Waals surface area contributed by atoms with Crippen LogP contribution in [-0.4, -0.2) is 48.8 Å². The van der Waals surface area contributed by atoms with Crippen LogP contribution in [0.25, 0.3) is 11.0 Å². The number of thioether (sulfide) groups is 1.